The molecule has 0 bridgehead atoms. The van der Waals surface area contributed by atoms with Crippen molar-refractivity contribution in [2.75, 3.05) is 13.7 Å². The topological polar surface area (TPSA) is 55.6 Å². The van der Waals surface area contributed by atoms with Gasteiger partial charge in [0.05, 0.1) is 18.8 Å². The molecular weight excluding hydrogens is 268 g/mol. The molecular formula is C16H18N2O3. The summed E-state index contributed by atoms with van der Waals surface area (Å²) in [7, 11) is 1.65. The highest BCUT2D eigenvalue weighted by atomic mass is 16.5. The molecule has 1 atom stereocenters. The molecule has 1 aromatic heterocycles. The summed E-state index contributed by atoms with van der Waals surface area (Å²) in [5, 5.41) is 3.79. The average Bonchev–Trinajstić information content (AvgIpc) is 3.15. The van der Waals surface area contributed by atoms with Gasteiger partial charge in [-0.2, -0.15) is 0 Å². The second-order valence-corrected chi connectivity index (χ2v) is 5.27. The highest BCUT2D eigenvalue weighted by Crippen LogP contribution is 2.34. The van der Waals surface area contributed by atoms with Crippen LogP contribution in [0.25, 0.3) is 0 Å². The Morgan fingerprint density at radius 3 is 3.00 bits per heavy atom. The van der Waals surface area contributed by atoms with Gasteiger partial charge < -0.3 is 14.2 Å². The number of likely N-dealkylation sites (tertiary alicyclic amines) is 1. The largest absolute Gasteiger partial charge is 0.497 e. The lowest BCUT2D eigenvalue weighted by Gasteiger charge is -2.24. The molecule has 0 radical (unpaired) electrons. The minimum Gasteiger partial charge on any atom is -0.497 e. The number of ether oxygens (including phenoxy) is 1. The molecule has 21 heavy (non-hydrogen) atoms. The van der Waals surface area contributed by atoms with Gasteiger partial charge in [-0.3, -0.25) is 4.79 Å². The van der Waals surface area contributed by atoms with E-state index in [2.05, 4.69) is 5.16 Å². The van der Waals surface area contributed by atoms with Gasteiger partial charge in [0.2, 0.25) is 5.76 Å². The molecule has 2 aromatic rings. The van der Waals surface area contributed by atoms with Crippen molar-refractivity contribution in [1.82, 2.24) is 10.1 Å². The minimum absolute atomic E-state index is 0.0676. The molecule has 1 aromatic carbocycles. The summed E-state index contributed by atoms with van der Waals surface area (Å²) in [6, 6.07) is 9.63. The van der Waals surface area contributed by atoms with Crippen molar-refractivity contribution in [1.29, 1.82) is 0 Å². The lowest BCUT2D eigenvalue weighted by Crippen LogP contribution is -2.30. The maximum atomic E-state index is 12.6. The number of rotatable bonds is 3. The molecule has 1 aliphatic heterocycles. The normalized spacial score (nSPS) is 18.0. The van der Waals surface area contributed by atoms with Crippen molar-refractivity contribution in [2.24, 2.45) is 0 Å². The van der Waals surface area contributed by atoms with E-state index < -0.39 is 0 Å². The third-order valence-electron chi connectivity index (χ3n) is 3.83. The number of carbonyl (C=O) groups excluding carboxylic acids is 1. The van der Waals surface area contributed by atoms with Crippen LogP contribution in [-0.4, -0.2) is 29.6 Å². The summed E-state index contributed by atoms with van der Waals surface area (Å²) >= 11 is 0. The molecule has 2 heterocycles. The smallest absolute Gasteiger partial charge is 0.292 e. The number of aromatic nitrogens is 1. The molecule has 5 heteroatoms. The van der Waals surface area contributed by atoms with Gasteiger partial charge in [0.1, 0.15) is 5.75 Å². The molecule has 0 aliphatic carbocycles. The molecule has 110 valence electrons. The first-order valence-electron chi connectivity index (χ1n) is 7.07. The van der Waals surface area contributed by atoms with E-state index in [1.54, 1.807) is 13.2 Å². The monoisotopic (exact) mass is 286 g/mol. The van der Waals surface area contributed by atoms with Crippen LogP contribution in [0.2, 0.25) is 0 Å². The zero-order valence-corrected chi connectivity index (χ0v) is 12.2. The van der Waals surface area contributed by atoms with Gasteiger partial charge in [-0.15, -0.1) is 0 Å². The first-order chi connectivity index (χ1) is 10.2. The third kappa shape index (κ3) is 2.63. The van der Waals surface area contributed by atoms with E-state index in [4.69, 9.17) is 9.26 Å². The standard InChI is InChI=1S/C16H18N2O3/c1-11-9-15(21-17-11)16(19)18-8-4-7-14(18)12-5-3-6-13(10-12)20-2/h3,5-6,9-10,14H,4,7-8H2,1-2H3. The lowest BCUT2D eigenvalue weighted by molar-refractivity contribution is 0.0693. The van der Waals surface area contributed by atoms with E-state index in [0.717, 1.165) is 36.4 Å². The second-order valence-electron chi connectivity index (χ2n) is 5.27. The molecule has 0 N–H and O–H groups in total. The number of aryl methyl sites for hydroxylation is 1. The van der Waals surface area contributed by atoms with Gasteiger partial charge in [0.15, 0.2) is 0 Å². The molecule has 0 saturated carbocycles. The maximum Gasteiger partial charge on any atom is 0.292 e. The molecule has 3 rings (SSSR count). The fourth-order valence-electron chi connectivity index (χ4n) is 2.81. The minimum atomic E-state index is -0.0964. The van der Waals surface area contributed by atoms with E-state index in [1.165, 1.54) is 0 Å². The molecule has 1 aliphatic rings. The summed E-state index contributed by atoms with van der Waals surface area (Å²) in [6.07, 6.45) is 1.94. The van der Waals surface area contributed by atoms with E-state index >= 15 is 0 Å². The van der Waals surface area contributed by atoms with Crippen LogP contribution in [0.3, 0.4) is 0 Å². The van der Waals surface area contributed by atoms with Gasteiger partial charge in [-0.1, -0.05) is 17.3 Å². The molecule has 1 saturated heterocycles. The van der Waals surface area contributed by atoms with Crippen LogP contribution >= 0.6 is 0 Å². The summed E-state index contributed by atoms with van der Waals surface area (Å²) in [5.41, 5.74) is 1.81. The molecule has 1 amide bonds. The first-order valence-corrected chi connectivity index (χ1v) is 7.07. The fourth-order valence-corrected chi connectivity index (χ4v) is 2.81. The summed E-state index contributed by atoms with van der Waals surface area (Å²) in [4.78, 5) is 14.4. The highest BCUT2D eigenvalue weighted by Gasteiger charge is 2.32. The van der Waals surface area contributed by atoms with E-state index in [-0.39, 0.29) is 11.9 Å². The van der Waals surface area contributed by atoms with Crippen molar-refractivity contribution >= 4 is 5.91 Å². The Morgan fingerprint density at radius 1 is 1.43 bits per heavy atom. The first kappa shape index (κ1) is 13.7. The number of nitrogens with zero attached hydrogens (tertiary/aromatic N) is 2. The number of hydrogen-bond donors (Lipinski definition) is 0. The van der Waals surface area contributed by atoms with Crippen molar-refractivity contribution in [3.63, 3.8) is 0 Å². The van der Waals surface area contributed by atoms with Gasteiger partial charge in [0.25, 0.3) is 5.91 Å². The number of amides is 1. The Morgan fingerprint density at radius 2 is 2.29 bits per heavy atom. The predicted octanol–water partition coefficient (Wildman–Crippen LogP) is 2.97. The van der Waals surface area contributed by atoms with E-state index in [0.29, 0.717) is 5.76 Å². The molecule has 5 nitrogen and oxygen atoms in total. The van der Waals surface area contributed by atoms with Crippen LogP contribution in [0.15, 0.2) is 34.9 Å². The lowest BCUT2D eigenvalue weighted by atomic mass is 10.0. The van der Waals surface area contributed by atoms with Crippen LogP contribution in [0.5, 0.6) is 5.75 Å². The van der Waals surface area contributed by atoms with E-state index in [1.807, 2.05) is 36.1 Å². The Bertz CT molecular complexity index is 650. The number of benzene rings is 1. The quantitative estimate of drug-likeness (QED) is 0.870. The summed E-state index contributed by atoms with van der Waals surface area (Å²) < 4.78 is 10.4. The van der Waals surface area contributed by atoms with Crippen LogP contribution in [0, 0.1) is 6.92 Å². The van der Waals surface area contributed by atoms with Gasteiger partial charge in [-0.25, -0.2) is 0 Å². The van der Waals surface area contributed by atoms with Crippen molar-refractivity contribution in [2.45, 2.75) is 25.8 Å². The van der Waals surface area contributed by atoms with Crippen molar-refractivity contribution < 1.29 is 14.1 Å². The van der Waals surface area contributed by atoms with Gasteiger partial charge in [0, 0.05) is 12.6 Å². The second kappa shape index (κ2) is 5.60. The zero-order valence-electron chi connectivity index (χ0n) is 12.2. The van der Waals surface area contributed by atoms with Crippen LogP contribution in [-0.2, 0) is 0 Å². The Kier molecular flexibility index (Phi) is 3.64. The van der Waals surface area contributed by atoms with Gasteiger partial charge in [-0.05, 0) is 37.5 Å². The average molecular weight is 286 g/mol. The summed E-state index contributed by atoms with van der Waals surface area (Å²) in [6.45, 7) is 2.55. The fraction of sp³-hybridized carbons (Fsp3) is 0.375. The number of methoxy groups -OCH3 is 1. The zero-order chi connectivity index (χ0) is 14.8. The molecule has 1 fully saturated rings. The Balaban J connectivity index is 1.86. The third-order valence-corrected chi connectivity index (χ3v) is 3.83. The Labute approximate surface area is 123 Å². The Hall–Kier alpha value is -2.30. The predicted molar refractivity (Wildman–Crippen MR) is 77.2 cm³/mol. The highest BCUT2D eigenvalue weighted by molar-refractivity contribution is 5.92. The van der Waals surface area contributed by atoms with Gasteiger partial charge >= 0.3 is 0 Å². The summed E-state index contributed by atoms with van der Waals surface area (Å²) in [5.74, 6) is 1.02. The van der Waals surface area contributed by atoms with E-state index in [9.17, 15) is 4.79 Å². The molecule has 0 spiro atoms. The number of hydrogen-bond acceptors (Lipinski definition) is 4. The van der Waals surface area contributed by atoms with Crippen LogP contribution in [0.4, 0.5) is 0 Å². The van der Waals surface area contributed by atoms with Crippen molar-refractivity contribution in [3.8, 4) is 5.75 Å². The SMILES string of the molecule is COc1cccc(C2CCCN2C(=O)c2cc(C)no2)c1. The van der Waals surface area contributed by atoms with Crippen molar-refractivity contribution in [3.05, 3.63) is 47.3 Å². The van der Waals surface area contributed by atoms with Crippen LogP contribution in [0.1, 0.15) is 40.7 Å². The van der Waals surface area contributed by atoms with Crippen LogP contribution < -0.4 is 4.74 Å². The maximum absolute atomic E-state index is 12.6. The number of carbonyl (C=O) groups is 1. The molecule has 1 unspecified atom stereocenters.